The van der Waals surface area contributed by atoms with Crippen LogP contribution in [0.3, 0.4) is 0 Å². The molecule has 0 bridgehead atoms. The van der Waals surface area contributed by atoms with Gasteiger partial charge in [0.05, 0.1) is 12.7 Å². The molecule has 3 aromatic carbocycles. The Morgan fingerprint density at radius 2 is 1.59 bits per heavy atom. The van der Waals surface area contributed by atoms with Crippen LogP contribution in [0.2, 0.25) is 0 Å². The van der Waals surface area contributed by atoms with E-state index in [1.165, 1.54) is 0 Å². The average Bonchev–Trinajstić information content (AvgIpc) is 2.86. The lowest BCUT2D eigenvalue weighted by molar-refractivity contribution is -0.0191. The molecule has 4 rings (SSSR count). The fourth-order valence-electron chi connectivity index (χ4n) is 4.68. The third-order valence-electron chi connectivity index (χ3n) is 6.76. The van der Waals surface area contributed by atoms with E-state index in [0.717, 1.165) is 31.2 Å². The molecule has 178 valence electrons. The first-order chi connectivity index (χ1) is 16.5. The first kappa shape index (κ1) is 24.3. The van der Waals surface area contributed by atoms with Gasteiger partial charge in [0, 0.05) is 11.1 Å². The normalized spacial score (nSPS) is 18.5. The van der Waals surface area contributed by atoms with Gasteiger partial charge in [-0.2, -0.15) is 0 Å². The molecule has 4 heteroatoms. The topological polar surface area (TPSA) is 9.23 Å². The molecule has 1 nitrogen and oxygen atoms in total. The van der Waals surface area contributed by atoms with Gasteiger partial charge in [-0.15, -0.1) is 0 Å². The summed E-state index contributed by atoms with van der Waals surface area (Å²) in [6, 6.07) is 15.3. The van der Waals surface area contributed by atoms with Crippen LogP contribution in [0.4, 0.5) is 13.2 Å². The number of rotatable bonds is 7. The summed E-state index contributed by atoms with van der Waals surface area (Å²) in [6.07, 6.45) is 8.79. The fraction of sp³-hybridized carbons (Fsp3) is 0.333. The van der Waals surface area contributed by atoms with Gasteiger partial charge < -0.3 is 4.74 Å². The first-order valence-corrected chi connectivity index (χ1v) is 12.1. The van der Waals surface area contributed by atoms with Gasteiger partial charge in [0.15, 0.2) is 11.6 Å². The van der Waals surface area contributed by atoms with E-state index in [4.69, 9.17) is 4.74 Å². The molecule has 0 aromatic heterocycles. The molecule has 0 aliphatic carbocycles. The molecule has 1 saturated heterocycles. The molecule has 3 aromatic rings. The van der Waals surface area contributed by atoms with E-state index < -0.39 is 11.6 Å². The van der Waals surface area contributed by atoms with Gasteiger partial charge in [0.2, 0.25) is 0 Å². The molecule has 0 N–H and O–H groups in total. The highest BCUT2D eigenvalue weighted by atomic mass is 19.2. The Kier molecular flexibility index (Phi) is 7.89. The number of hydrogen-bond acceptors (Lipinski definition) is 1. The lowest BCUT2D eigenvalue weighted by Crippen LogP contribution is -2.20. The van der Waals surface area contributed by atoms with Gasteiger partial charge in [-0.3, -0.25) is 0 Å². The van der Waals surface area contributed by atoms with Crippen molar-refractivity contribution in [1.29, 1.82) is 0 Å². The summed E-state index contributed by atoms with van der Waals surface area (Å²) in [4.78, 5) is 0. The predicted molar refractivity (Wildman–Crippen MR) is 132 cm³/mol. The van der Waals surface area contributed by atoms with Crippen LogP contribution in [0.15, 0.2) is 66.7 Å². The molecule has 1 aliphatic rings. The van der Waals surface area contributed by atoms with Crippen molar-refractivity contribution in [3.63, 3.8) is 0 Å². The molecule has 1 aliphatic heterocycles. The van der Waals surface area contributed by atoms with Crippen LogP contribution >= 0.6 is 0 Å². The number of aryl methyl sites for hydroxylation is 1. The van der Waals surface area contributed by atoms with Gasteiger partial charge in [0.25, 0.3) is 0 Å². The van der Waals surface area contributed by atoms with Crippen molar-refractivity contribution in [3.8, 4) is 22.3 Å². The van der Waals surface area contributed by atoms with E-state index in [-0.39, 0.29) is 17.5 Å². The second-order valence-electron chi connectivity index (χ2n) is 8.98. The van der Waals surface area contributed by atoms with E-state index in [0.29, 0.717) is 41.2 Å². The summed E-state index contributed by atoms with van der Waals surface area (Å²) >= 11 is 0. The van der Waals surface area contributed by atoms with Crippen LogP contribution in [0.1, 0.15) is 56.8 Å². The second kappa shape index (κ2) is 11.1. The zero-order valence-electron chi connectivity index (χ0n) is 19.8. The van der Waals surface area contributed by atoms with Crippen molar-refractivity contribution in [2.75, 3.05) is 6.61 Å². The Morgan fingerprint density at radius 1 is 0.882 bits per heavy atom. The number of allylic oxidation sites excluding steroid dienone is 2. The van der Waals surface area contributed by atoms with Crippen LogP contribution in [0.25, 0.3) is 22.3 Å². The zero-order valence-corrected chi connectivity index (χ0v) is 19.8. The summed E-state index contributed by atoms with van der Waals surface area (Å²) in [7, 11) is 0. The fourth-order valence-corrected chi connectivity index (χ4v) is 4.68. The van der Waals surface area contributed by atoms with Crippen molar-refractivity contribution in [1.82, 2.24) is 0 Å². The van der Waals surface area contributed by atoms with Gasteiger partial charge in [-0.25, -0.2) is 13.2 Å². The van der Waals surface area contributed by atoms with Gasteiger partial charge >= 0.3 is 0 Å². The van der Waals surface area contributed by atoms with Crippen LogP contribution in [0, 0.1) is 23.4 Å². The summed E-state index contributed by atoms with van der Waals surface area (Å²) in [5, 5.41) is 0. The highest BCUT2D eigenvalue weighted by Crippen LogP contribution is 2.35. The molecule has 2 unspecified atom stereocenters. The van der Waals surface area contributed by atoms with Crippen LogP contribution < -0.4 is 0 Å². The third-order valence-corrected chi connectivity index (χ3v) is 6.76. The molecule has 0 amide bonds. The monoisotopic (exact) mass is 464 g/mol. The smallest absolute Gasteiger partial charge is 0.166 e. The van der Waals surface area contributed by atoms with Crippen molar-refractivity contribution in [2.24, 2.45) is 5.92 Å². The summed E-state index contributed by atoms with van der Waals surface area (Å²) < 4.78 is 49.8. The lowest BCUT2D eigenvalue weighted by Gasteiger charge is -2.29. The molecule has 1 fully saturated rings. The minimum absolute atomic E-state index is 0.0761. The number of benzene rings is 3. The predicted octanol–water partition coefficient (Wildman–Crippen LogP) is 8.82. The van der Waals surface area contributed by atoms with Crippen LogP contribution in [-0.4, -0.2) is 6.61 Å². The van der Waals surface area contributed by atoms with Crippen molar-refractivity contribution in [3.05, 3.63) is 95.3 Å². The largest absolute Gasteiger partial charge is 0.373 e. The number of ether oxygens (including phenoxy) is 1. The summed E-state index contributed by atoms with van der Waals surface area (Å²) in [6.45, 7) is 4.53. The molecule has 0 saturated carbocycles. The van der Waals surface area contributed by atoms with Gasteiger partial charge in [0.1, 0.15) is 5.82 Å². The van der Waals surface area contributed by atoms with E-state index in [2.05, 4.69) is 12.2 Å². The van der Waals surface area contributed by atoms with Crippen LogP contribution in [0.5, 0.6) is 0 Å². The molecule has 1 heterocycles. The average molecular weight is 465 g/mol. The minimum Gasteiger partial charge on any atom is -0.373 e. The maximum absolute atomic E-state index is 15.0. The van der Waals surface area contributed by atoms with Crippen molar-refractivity contribution in [2.45, 2.75) is 52.1 Å². The third kappa shape index (κ3) is 5.28. The second-order valence-corrected chi connectivity index (χ2v) is 8.98. The Balaban J connectivity index is 1.46. The molecule has 2 atom stereocenters. The van der Waals surface area contributed by atoms with Gasteiger partial charge in [-0.1, -0.05) is 67.6 Å². The number of hydrogen-bond donors (Lipinski definition) is 0. The zero-order chi connectivity index (χ0) is 24.1. The van der Waals surface area contributed by atoms with Crippen molar-refractivity contribution >= 4 is 0 Å². The Labute approximate surface area is 200 Å². The van der Waals surface area contributed by atoms with E-state index >= 15 is 4.39 Å². The summed E-state index contributed by atoms with van der Waals surface area (Å²) in [5.41, 5.74) is 3.13. The Bertz CT molecular complexity index is 1140. The first-order valence-electron chi connectivity index (χ1n) is 12.1. The molecule has 0 spiro atoms. The lowest BCUT2D eigenvalue weighted by atomic mass is 9.90. The maximum atomic E-state index is 15.0. The molecule has 0 radical (unpaired) electrons. The standard InChI is InChI=1S/C30H31F3O/c1-3-5-6-7-20-8-17-28(34-19-20)24-14-15-25(27(31)18-24)22-9-11-23(12-10-22)26-16-13-21(4-2)29(32)30(26)33/h3,5,9-16,18,20,28H,4,6-8,17,19H2,1-2H3/b5-3+. The molecular formula is C30H31F3O. The molecule has 34 heavy (non-hydrogen) atoms. The number of halogens is 3. The van der Waals surface area contributed by atoms with Gasteiger partial charge in [-0.05, 0) is 73.3 Å². The summed E-state index contributed by atoms with van der Waals surface area (Å²) in [5.74, 6) is -1.40. The quantitative estimate of drug-likeness (QED) is 0.317. The van der Waals surface area contributed by atoms with Crippen molar-refractivity contribution < 1.29 is 17.9 Å². The maximum Gasteiger partial charge on any atom is 0.166 e. The molecular weight excluding hydrogens is 433 g/mol. The minimum atomic E-state index is -0.848. The van der Waals surface area contributed by atoms with Crippen LogP contribution in [-0.2, 0) is 11.2 Å². The SMILES string of the molecule is C/C=C/CCC1CCC(c2ccc(-c3ccc(-c4ccc(CC)c(F)c4F)cc3)c(F)c2)OC1. The van der Waals surface area contributed by atoms with E-state index in [1.54, 1.807) is 55.5 Å². The van der Waals surface area contributed by atoms with E-state index in [1.807, 2.05) is 13.0 Å². The Morgan fingerprint density at radius 3 is 2.21 bits per heavy atom. The Hall–Kier alpha value is -2.85. The highest BCUT2D eigenvalue weighted by molar-refractivity contribution is 5.71. The highest BCUT2D eigenvalue weighted by Gasteiger charge is 2.23. The van der Waals surface area contributed by atoms with E-state index in [9.17, 15) is 8.78 Å².